The van der Waals surface area contributed by atoms with Gasteiger partial charge in [-0.1, -0.05) is 23.7 Å². The van der Waals surface area contributed by atoms with E-state index in [1.807, 2.05) is 52.0 Å². The molecule has 1 aliphatic rings. The van der Waals surface area contributed by atoms with Crippen LogP contribution in [0.4, 0.5) is 4.79 Å². The van der Waals surface area contributed by atoms with Gasteiger partial charge in [0.15, 0.2) is 11.5 Å². The number of carbonyl (C=O) groups excluding carboxylic acids is 1. The number of rotatable bonds is 7. The second-order valence-corrected chi connectivity index (χ2v) is 11.9. The van der Waals surface area contributed by atoms with Crippen LogP contribution in [0.15, 0.2) is 51.4 Å². The van der Waals surface area contributed by atoms with E-state index in [-0.39, 0.29) is 13.2 Å². The van der Waals surface area contributed by atoms with Gasteiger partial charge >= 0.3 is 6.09 Å². The van der Waals surface area contributed by atoms with Crippen molar-refractivity contribution >= 4 is 28.7 Å². The number of carbonyl (C=O) groups is 1. The summed E-state index contributed by atoms with van der Waals surface area (Å²) in [6.45, 7) is 11.9. The van der Waals surface area contributed by atoms with E-state index < -0.39 is 23.0 Å². The van der Waals surface area contributed by atoms with Crippen molar-refractivity contribution in [1.82, 2.24) is 15.5 Å². The maximum Gasteiger partial charge on any atom is 0.408 e. The number of hydrogen-bond acceptors (Lipinski definition) is 9. The minimum Gasteiger partial charge on any atom is -0.492 e. The van der Waals surface area contributed by atoms with Crippen molar-refractivity contribution in [2.75, 3.05) is 19.8 Å². The maximum absolute atomic E-state index is 12.8. The molecule has 2 aromatic heterocycles. The number of ether oxygens (including phenoxy) is 4. The molecule has 2 aromatic carbocycles. The molecule has 1 amide bonds. The lowest BCUT2D eigenvalue weighted by Gasteiger charge is -2.41. The minimum absolute atomic E-state index is 0.0588. The summed E-state index contributed by atoms with van der Waals surface area (Å²) >= 11 is 6.38. The lowest BCUT2D eigenvalue weighted by molar-refractivity contribution is -0.306. The molecule has 0 unspecified atom stereocenters. The Labute approximate surface area is 243 Å². The molecule has 10 nitrogen and oxygen atoms in total. The summed E-state index contributed by atoms with van der Waals surface area (Å²) in [5, 5.41) is 8.21. The van der Waals surface area contributed by atoms with Crippen LogP contribution in [-0.2, 0) is 19.8 Å². The zero-order chi connectivity index (χ0) is 29.4. The molecule has 0 aliphatic carbocycles. The van der Waals surface area contributed by atoms with Gasteiger partial charge in [0.1, 0.15) is 11.3 Å². The van der Waals surface area contributed by atoms with Gasteiger partial charge in [-0.2, -0.15) is 4.98 Å². The molecule has 41 heavy (non-hydrogen) atoms. The maximum atomic E-state index is 12.8. The van der Waals surface area contributed by atoms with Crippen LogP contribution >= 0.6 is 11.6 Å². The van der Waals surface area contributed by atoms with E-state index in [1.165, 1.54) is 0 Å². The predicted molar refractivity (Wildman–Crippen MR) is 153 cm³/mol. The molecule has 0 bridgehead atoms. The molecule has 3 heterocycles. The van der Waals surface area contributed by atoms with Crippen molar-refractivity contribution in [3.8, 4) is 28.6 Å². The number of alkyl carbamates (subject to hydrolysis) is 1. The Morgan fingerprint density at radius 3 is 2.49 bits per heavy atom. The fourth-order valence-corrected chi connectivity index (χ4v) is 4.49. The van der Waals surface area contributed by atoms with E-state index >= 15 is 0 Å². The number of aromatic nitrogens is 2. The van der Waals surface area contributed by atoms with E-state index in [2.05, 4.69) is 15.5 Å². The van der Waals surface area contributed by atoms with Crippen LogP contribution in [-0.4, -0.2) is 47.4 Å². The minimum atomic E-state index is -1.28. The van der Waals surface area contributed by atoms with Gasteiger partial charge in [-0.15, -0.1) is 0 Å². The molecule has 1 saturated heterocycles. The standard InChI is InChI=1S/C30H34ClN3O7/c1-7-12-36-23-11-9-19(14-21(23)31)26-32-25(34-41-26)18-8-10-22-20(13-18)15-24(39-22)30(16-37-29(5,6)38-17-30)40-27(35)33-28(2,3)4/h8-11,13-15H,7,12,16-17H2,1-6H3,(H,33,35). The number of halogens is 1. The van der Waals surface area contributed by atoms with Crippen LogP contribution < -0.4 is 10.1 Å². The third-order valence-electron chi connectivity index (χ3n) is 6.36. The summed E-state index contributed by atoms with van der Waals surface area (Å²) < 4.78 is 35.1. The molecule has 1 fully saturated rings. The molecule has 0 radical (unpaired) electrons. The molecule has 0 spiro atoms. The second kappa shape index (κ2) is 11.0. The van der Waals surface area contributed by atoms with Crippen molar-refractivity contribution in [2.45, 2.75) is 64.9 Å². The highest BCUT2D eigenvalue weighted by molar-refractivity contribution is 6.32. The van der Waals surface area contributed by atoms with E-state index in [4.69, 9.17) is 39.5 Å². The predicted octanol–water partition coefficient (Wildman–Crippen LogP) is 7.09. The highest BCUT2D eigenvalue weighted by atomic mass is 35.5. The summed E-state index contributed by atoms with van der Waals surface area (Å²) in [5.74, 6) is 0.906. The van der Waals surface area contributed by atoms with Crippen LogP contribution in [0.3, 0.4) is 0 Å². The van der Waals surface area contributed by atoms with Crippen LogP contribution in [0, 0.1) is 0 Å². The van der Waals surface area contributed by atoms with Gasteiger partial charge in [0.05, 0.1) is 24.8 Å². The van der Waals surface area contributed by atoms with Gasteiger partial charge in [0, 0.05) is 22.1 Å². The van der Waals surface area contributed by atoms with E-state index in [0.29, 0.717) is 51.6 Å². The Bertz CT molecular complexity index is 1540. The number of furan rings is 1. The van der Waals surface area contributed by atoms with Crippen molar-refractivity contribution in [2.24, 2.45) is 0 Å². The lowest BCUT2D eigenvalue weighted by Crippen LogP contribution is -2.54. The number of hydrogen-bond donors (Lipinski definition) is 1. The number of nitrogens with one attached hydrogen (secondary N) is 1. The SMILES string of the molecule is CCCOc1ccc(-c2nc(-c3ccc4oc(C5(OC(=O)NC(C)(C)C)COC(C)(C)OC5)cc4c3)no2)cc1Cl. The summed E-state index contributed by atoms with van der Waals surface area (Å²) in [6.07, 6.45) is 0.281. The first kappa shape index (κ1) is 28.9. The average Bonchev–Trinajstić information content (AvgIpc) is 3.56. The summed E-state index contributed by atoms with van der Waals surface area (Å²) in [5.41, 5.74) is 0.209. The van der Waals surface area contributed by atoms with Crippen molar-refractivity contribution in [1.29, 1.82) is 0 Å². The summed E-state index contributed by atoms with van der Waals surface area (Å²) in [6, 6.07) is 12.7. The Morgan fingerprint density at radius 2 is 1.80 bits per heavy atom. The van der Waals surface area contributed by atoms with Crippen LogP contribution in [0.5, 0.6) is 5.75 Å². The molecular formula is C30H34ClN3O7. The largest absolute Gasteiger partial charge is 0.492 e. The average molecular weight is 584 g/mol. The van der Waals surface area contributed by atoms with Gasteiger partial charge < -0.3 is 33.2 Å². The quantitative estimate of drug-likeness (QED) is 0.243. The lowest BCUT2D eigenvalue weighted by atomic mass is 10.0. The molecular weight excluding hydrogens is 550 g/mol. The first-order valence-electron chi connectivity index (χ1n) is 13.5. The molecule has 4 aromatic rings. The first-order valence-corrected chi connectivity index (χ1v) is 13.8. The molecule has 11 heteroatoms. The fourth-order valence-electron chi connectivity index (χ4n) is 4.25. The fraction of sp³-hybridized carbons (Fsp3) is 0.433. The second-order valence-electron chi connectivity index (χ2n) is 11.5. The zero-order valence-corrected chi connectivity index (χ0v) is 24.8. The Balaban J connectivity index is 1.42. The van der Waals surface area contributed by atoms with E-state index in [1.54, 1.807) is 32.0 Å². The molecule has 218 valence electrons. The third kappa shape index (κ3) is 6.50. The normalized spacial score (nSPS) is 16.5. The van der Waals surface area contributed by atoms with Crippen molar-refractivity contribution in [3.05, 3.63) is 53.2 Å². The molecule has 0 atom stereocenters. The molecule has 5 rings (SSSR count). The third-order valence-corrected chi connectivity index (χ3v) is 6.66. The molecule has 1 N–H and O–H groups in total. The Morgan fingerprint density at radius 1 is 1.07 bits per heavy atom. The van der Waals surface area contributed by atoms with Crippen LogP contribution in [0.25, 0.3) is 33.8 Å². The van der Waals surface area contributed by atoms with Gasteiger partial charge in [-0.3, -0.25) is 0 Å². The van der Waals surface area contributed by atoms with Gasteiger partial charge in [0.25, 0.3) is 5.89 Å². The highest BCUT2D eigenvalue weighted by Gasteiger charge is 2.48. The van der Waals surface area contributed by atoms with Crippen LogP contribution in [0.2, 0.25) is 5.02 Å². The number of nitrogens with zero attached hydrogens (tertiary/aromatic N) is 2. The Kier molecular flexibility index (Phi) is 7.76. The number of fused-ring (bicyclic) bond motifs is 1. The Hall–Kier alpha value is -3.60. The monoisotopic (exact) mass is 583 g/mol. The number of benzene rings is 2. The van der Waals surface area contributed by atoms with Gasteiger partial charge in [-0.05, 0) is 83.5 Å². The zero-order valence-electron chi connectivity index (χ0n) is 24.0. The van der Waals surface area contributed by atoms with E-state index in [0.717, 1.165) is 11.8 Å². The molecule has 0 saturated carbocycles. The van der Waals surface area contributed by atoms with Crippen molar-refractivity contribution < 1.29 is 32.7 Å². The number of amides is 1. The summed E-state index contributed by atoms with van der Waals surface area (Å²) in [4.78, 5) is 17.4. The molecule has 1 aliphatic heterocycles. The highest BCUT2D eigenvalue weighted by Crippen LogP contribution is 2.38. The van der Waals surface area contributed by atoms with Crippen LogP contribution in [0.1, 0.15) is 53.7 Å². The van der Waals surface area contributed by atoms with E-state index in [9.17, 15) is 4.79 Å². The van der Waals surface area contributed by atoms with Gasteiger partial charge in [-0.25, -0.2) is 4.79 Å². The van der Waals surface area contributed by atoms with Crippen molar-refractivity contribution in [3.63, 3.8) is 0 Å². The summed E-state index contributed by atoms with van der Waals surface area (Å²) in [7, 11) is 0. The van der Waals surface area contributed by atoms with Gasteiger partial charge in [0.2, 0.25) is 11.4 Å². The topological polar surface area (TPSA) is 118 Å². The first-order chi connectivity index (χ1) is 19.4. The smallest absolute Gasteiger partial charge is 0.408 e.